The second kappa shape index (κ2) is 11.3. The number of methoxy groups -OCH3 is 2. The standard InChI is InChI=1S/C22H32N4O4/c1-5-6-17(9-10-27)25-21-18(14(2)24-22(23)26-21)13-16-8-7-15(11-19(16)29-3)12-20(28)30-4/h7-8,11,17,27H,5-6,9-10,12-13H2,1-4H3,(H3,23,24,25,26)/t17-/m0/s1. The minimum atomic E-state index is -0.301. The lowest BCUT2D eigenvalue weighted by Gasteiger charge is -2.21. The van der Waals surface area contributed by atoms with Gasteiger partial charge in [-0.1, -0.05) is 25.5 Å². The Balaban J connectivity index is 2.36. The molecule has 8 heteroatoms. The van der Waals surface area contributed by atoms with Crippen molar-refractivity contribution in [3.8, 4) is 5.75 Å². The zero-order valence-electron chi connectivity index (χ0n) is 18.2. The highest BCUT2D eigenvalue weighted by Crippen LogP contribution is 2.28. The van der Waals surface area contributed by atoms with Crippen molar-refractivity contribution in [2.75, 3.05) is 31.9 Å². The number of aromatic nitrogens is 2. The number of aliphatic hydroxyl groups excluding tert-OH is 1. The molecule has 8 nitrogen and oxygen atoms in total. The van der Waals surface area contributed by atoms with E-state index in [-0.39, 0.29) is 31.0 Å². The average Bonchev–Trinajstić information content (AvgIpc) is 2.71. The van der Waals surface area contributed by atoms with Gasteiger partial charge in [-0.25, -0.2) is 4.98 Å². The maximum Gasteiger partial charge on any atom is 0.309 e. The smallest absolute Gasteiger partial charge is 0.309 e. The maximum absolute atomic E-state index is 11.6. The third kappa shape index (κ3) is 6.32. The Hall–Kier alpha value is -2.87. The van der Waals surface area contributed by atoms with Crippen LogP contribution in [0.25, 0.3) is 0 Å². The Morgan fingerprint density at radius 2 is 2.03 bits per heavy atom. The van der Waals surface area contributed by atoms with E-state index in [9.17, 15) is 9.90 Å². The van der Waals surface area contributed by atoms with Crippen LogP contribution in [0.4, 0.5) is 11.8 Å². The van der Waals surface area contributed by atoms with Gasteiger partial charge in [-0.15, -0.1) is 0 Å². The molecule has 30 heavy (non-hydrogen) atoms. The topological polar surface area (TPSA) is 120 Å². The molecule has 0 aliphatic rings. The molecule has 164 valence electrons. The SMILES string of the molecule is CCC[C@@H](CCO)Nc1nc(N)nc(C)c1Cc1ccc(CC(=O)OC)cc1OC. The largest absolute Gasteiger partial charge is 0.496 e. The molecule has 1 aromatic carbocycles. The van der Waals surface area contributed by atoms with Gasteiger partial charge in [-0.3, -0.25) is 4.79 Å². The predicted molar refractivity (Wildman–Crippen MR) is 117 cm³/mol. The molecule has 1 aromatic heterocycles. The highest BCUT2D eigenvalue weighted by molar-refractivity contribution is 5.72. The van der Waals surface area contributed by atoms with Gasteiger partial charge in [0.15, 0.2) is 0 Å². The van der Waals surface area contributed by atoms with Crippen LogP contribution in [0.2, 0.25) is 0 Å². The first kappa shape index (κ1) is 23.4. The Kier molecular flexibility index (Phi) is 8.86. The first-order chi connectivity index (χ1) is 14.4. The summed E-state index contributed by atoms with van der Waals surface area (Å²) in [6.45, 7) is 4.10. The second-order valence-electron chi connectivity index (χ2n) is 7.21. The number of aliphatic hydroxyl groups is 1. The number of nitrogens with zero attached hydrogens (tertiary/aromatic N) is 2. The Morgan fingerprint density at radius 1 is 1.27 bits per heavy atom. The van der Waals surface area contributed by atoms with Crippen LogP contribution in [0.3, 0.4) is 0 Å². The number of carbonyl (C=O) groups is 1. The van der Waals surface area contributed by atoms with Gasteiger partial charge in [0, 0.05) is 30.3 Å². The molecule has 0 fully saturated rings. The van der Waals surface area contributed by atoms with Crippen molar-refractivity contribution in [3.05, 3.63) is 40.6 Å². The number of nitrogens with two attached hydrogens (primary N) is 1. The summed E-state index contributed by atoms with van der Waals surface area (Å²) in [4.78, 5) is 20.3. The van der Waals surface area contributed by atoms with Gasteiger partial charge < -0.3 is 25.6 Å². The molecule has 2 rings (SSSR count). The summed E-state index contributed by atoms with van der Waals surface area (Å²) in [5.41, 5.74) is 9.36. The monoisotopic (exact) mass is 416 g/mol. The zero-order chi connectivity index (χ0) is 22.1. The van der Waals surface area contributed by atoms with E-state index in [1.54, 1.807) is 7.11 Å². The van der Waals surface area contributed by atoms with E-state index in [4.69, 9.17) is 15.2 Å². The van der Waals surface area contributed by atoms with Crippen molar-refractivity contribution in [2.45, 2.75) is 52.0 Å². The molecule has 0 saturated carbocycles. The maximum atomic E-state index is 11.6. The van der Waals surface area contributed by atoms with Crippen molar-refractivity contribution in [3.63, 3.8) is 0 Å². The van der Waals surface area contributed by atoms with Gasteiger partial charge in [0.1, 0.15) is 11.6 Å². The predicted octanol–water partition coefficient (Wildman–Crippen LogP) is 2.65. The summed E-state index contributed by atoms with van der Waals surface area (Å²) in [7, 11) is 2.97. The van der Waals surface area contributed by atoms with Gasteiger partial charge in [0.2, 0.25) is 5.95 Å². The molecule has 1 heterocycles. The quantitative estimate of drug-likeness (QED) is 0.478. The van der Waals surface area contributed by atoms with E-state index in [1.807, 2.05) is 25.1 Å². The summed E-state index contributed by atoms with van der Waals surface area (Å²) in [5, 5.41) is 12.8. The highest BCUT2D eigenvalue weighted by atomic mass is 16.5. The molecule has 0 spiro atoms. The number of anilines is 2. The normalized spacial score (nSPS) is 11.8. The molecule has 2 aromatic rings. The lowest BCUT2D eigenvalue weighted by Crippen LogP contribution is -2.23. The number of hydrogen-bond donors (Lipinski definition) is 3. The van der Waals surface area contributed by atoms with E-state index in [0.717, 1.165) is 35.2 Å². The number of ether oxygens (including phenoxy) is 2. The Morgan fingerprint density at radius 3 is 2.67 bits per heavy atom. The number of hydrogen-bond acceptors (Lipinski definition) is 8. The zero-order valence-corrected chi connectivity index (χ0v) is 18.2. The molecule has 0 unspecified atom stereocenters. The lowest BCUT2D eigenvalue weighted by molar-refractivity contribution is -0.139. The second-order valence-corrected chi connectivity index (χ2v) is 7.21. The third-order valence-corrected chi connectivity index (χ3v) is 4.98. The fourth-order valence-electron chi connectivity index (χ4n) is 3.41. The van der Waals surface area contributed by atoms with E-state index >= 15 is 0 Å². The van der Waals surface area contributed by atoms with E-state index in [1.165, 1.54) is 7.11 Å². The Labute approximate surface area is 177 Å². The van der Waals surface area contributed by atoms with E-state index in [0.29, 0.717) is 24.4 Å². The molecular formula is C22H32N4O4. The van der Waals surface area contributed by atoms with Gasteiger partial charge in [0.25, 0.3) is 0 Å². The minimum absolute atomic E-state index is 0.0942. The van der Waals surface area contributed by atoms with E-state index in [2.05, 4.69) is 22.2 Å². The summed E-state index contributed by atoms with van der Waals surface area (Å²) in [6.07, 6.45) is 3.25. The number of rotatable bonds is 11. The van der Waals surface area contributed by atoms with Gasteiger partial charge in [-0.05, 0) is 37.0 Å². The minimum Gasteiger partial charge on any atom is -0.496 e. The molecule has 0 saturated heterocycles. The molecule has 0 bridgehead atoms. The molecule has 0 aliphatic heterocycles. The van der Waals surface area contributed by atoms with Crippen LogP contribution in [-0.2, 0) is 22.4 Å². The van der Waals surface area contributed by atoms with Crippen LogP contribution in [-0.4, -0.2) is 47.9 Å². The van der Waals surface area contributed by atoms with Crippen molar-refractivity contribution in [1.82, 2.24) is 9.97 Å². The van der Waals surface area contributed by atoms with Crippen LogP contribution in [0.15, 0.2) is 18.2 Å². The van der Waals surface area contributed by atoms with Crippen LogP contribution in [0.5, 0.6) is 5.75 Å². The van der Waals surface area contributed by atoms with Crippen molar-refractivity contribution in [2.24, 2.45) is 0 Å². The highest BCUT2D eigenvalue weighted by Gasteiger charge is 2.17. The summed E-state index contributed by atoms with van der Waals surface area (Å²) in [5.74, 6) is 1.26. The molecule has 0 amide bonds. The van der Waals surface area contributed by atoms with Crippen molar-refractivity contribution < 1.29 is 19.4 Å². The number of benzene rings is 1. The summed E-state index contributed by atoms with van der Waals surface area (Å²) >= 11 is 0. The third-order valence-electron chi connectivity index (χ3n) is 4.98. The molecule has 1 atom stereocenters. The first-order valence-electron chi connectivity index (χ1n) is 10.1. The van der Waals surface area contributed by atoms with Crippen LogP contribution < -0.4 is 15.8 Å². The molecule has 4 N–H and O–H groups in total. The van der Waals surface area contributed by atoms with Crippen molar-refractivity contribution >= 4 is 17.7 Å². The lowest BCUT2D eigenvalue weighted by atomic mass is 10.00. The Bertz CT molecular complexity index is 851. The number of aryl methyl sites for hydroxylation is 1. The fourth-order valence-corrected chi connectivity index (χ4v) is 3.41. The average molecular weight is 417 g/mol. The number of esters is 1. The van der Waals surface area contributed by atoms with Gasteiger partial charge in [0.05, 0.1) is 20.6 Å². The molecular weight excluding hydrogens is 384 g/mol. The van der Waals surface area contributed by atoms with Crippen molar-refractivity contribution in [1.29, 1.82) is 0 Å². The van der Waals surface area contributed by atoms with Gasteiger partial charge in [-0.2, -0.15) is 4.98 Å². The van der Waals surface area contributed by atoms with Gasteiger partial charge >= 0.3 is 5.97 Å². The fraction of sp³-hybridized carbons (Fsp3) is 0.500. The first-order valence-corrected chi connectivity index (χ1v) is 10.1. The summed E-state index contributed by atoms with van der Waals surface area (Å²) < 4.78 is 10.3. The molecule has 0 radical (unpaired) electrons. The van der Waals surface area contributed by atoms with Crippen LogP contribution in [0.1, 0.15) is 48.6 Å². The number of nitrogen functional groups attached to an aromatic ring is 1. The van der Waals surface area contributed by atoms with Crippen LogP contribution in [0, 0.1) is 6.92 Å². The van der Waals surface area contributed by atoms with Crippen LogP contribution >= 0.6 is 0 Å². The summed E-state index contributed by atoms with van der Waals surface area (Å²) in [6, 6.07) is 5.77. The number of nitrogens with one attached hydrogen (secondary N) is 1. The van der Waals surface area contributed by atoms with E-state index < -0.39 is 0 Å². The molecule has 0 aliphatic carbocycles. The number of carbonyl (C=O) groups excluding carboxylic acids is 1.